The number of fused-ring (bicyclic) bond motifs is 1. The van der Waals surface area contributed by atoms with E-state index in [0.717, 1.165) is 28.0 Å². The Morgan fingerprint density at radius 1 is 1.35 bits per heavy atom. The topological polar surface area (TPSA) is 104 Å². The van der Waals surface area contributed by atoms with Gasteiger partial charge in [0, 0.05) is 23.7 Å². The second-order valence-corrected chi connectivity index (χ2v) is 6.06. The molecule has 0 saturated heterocycles. The number of aromatic amines is 1. The highest BCUT2D eigenvalue weighted by molar-refractivity contribution is 7.15. The number of thiazole rings is 1. The van der Waals surface area contributed by atoms with E-state index in [2.05, 4.69) is 33.8 Å². The molecule has 0 radical (unpaired) electrons. The van der Waals surface area contributed by atoms with Gasteiger partial charge in [0.25, 0.3) is 0 Å². The molecule has 23 heavy (non-hydrogen) atoms. The van der Waals surface area contributed by atoms with E-state index in [-0.39, 0.29) is 0 Å². The van der Waals surface area contributed by atoms with Gasteiger partial charge in [0.1, 0.15) is 12.0 Å². The van der Waals surface area contributed by atoms with Crippen molar-refractivity contribution in [3.8, 4) is 10.6 Å². The van der Waals surface area contributed by atoms with Crippen molar-refractivity contribution in [2.24, 2.45) is 5.34 Å². The molecule has 3 heterocycles. The average molecular weight is 333 g/mol. The third kappa shape index (κ3) is 3.89. The summed E-state index contributed by atoms with van der Waals surface area (Å²) < 4.78 is 0. The lowest BCUT2D eigenvalue weighted by Gasteiger charge is -2.09. The van der Waals surface area contributed by atoms with Crippen molar-refractivity contribution in [2.45, 2.75) is 39.0 Å². The molecule has 3 aromatic heterocycles. The Balaban J connectivity index is 0.000000595. The van der Waals surface area contributed by atoms with Gasteiger partial charge in [-0.1, -0.05) is 20.3 Å². The Bertz CT molecular complexity index is 755. The molecule has 1 atom stereocenters. The zero-order chi connectivity index (χ0) is 16.7. The number of hydrogen-bond acceptors (Lipinski definition) is 6. The molecule has 3 rings (SSSR count). The molecule has 0 aromatic carbocycles. The number of rotatable bonds is 5. The van der Waals surface area contributed by atoms with E-state index in [1.807, 2.05) is 18.5 Å². The van der Waals surface area contributed by atoms with Crippen LogP contribution in [-0.2, 0) is 0 Å². The summed E-state index contributed by atoms with van der Waals surface area (Å²) in [5.74, 6) is 0.572. The monoisotopic (exact) mass is 333 g/mol. The summed E-state index contributed by atoms with van der Waals surface area (Å²) in [7, 11) is 0. The van der Waals surface area contributed by atoms with E-state index in [1.165, 1.54) is 23.2 Å². The largest absolute Gasteiger partial charge is 0.379 e. The summed E-state index contributed by atoms with van der Waals surface area (Å²) in [5, 5.41) is 10.2. The van der Waals surface area contributed by atoms with Gasteiger partial charge in [-0.25, -0.2) is 15.0 Å². The molecule has 0 spiro atoms. The molecular weight excluding hydrogens is 314 g/mol. The minimum Gasteiger partial charge on any atom is -0.379 e. The Kier molecular flexibility index (Phi) is 6.16. The molecule has 0 saturated carbocycles. The first-order valence-electron chi connectivity index (χ1n) is 7.45. The second kappa shape index (κ2) is 8.33. The Hall–Kier alpha value is -2.35. The maximum Gasteiger partial charge on any atom is 0.152 e. The van der Waals surface area contributed by atoms with Crippen LogP contribution in [0.2, 0.25) is 0 Å². The summed E-state index contributed by atoms with van der Waals surface area (Å²) >= 11 is 1.76. The van der Waals surface area contributed by atoms with Gasteiger partial charge in [-0.3, -0.25) is 0 Å². The molecule has 0 aliphatic rings. The predicted molar refractivity (Wildman–Crippen MR) is 90.5 cm³/mol. The maximum absolute atomic E-state index is 8.11. The molecule has 3 aromatic rings. The zero-order valence-corrected chi connectivity index (χ0v) is 13.9. The Morgan fingerprint density at radius 3 is 2.83 bits per heavy atom. The van der Waals surface area contributed by atoms with E-state index >= 15 is 0 Å². The zero-order valence-electron chi connectivity index (χ0n) is 13.1. The lowest BCUT2D eigenvalue weighted by Crippen LogP contribution is -1.95. The van der Waals surface area contributed by atoms with Crippen molar-refractivity contribution >= 4 is 22.4 Å². The fourth-order valence-corrected chi connectivity index (χ4v) is 3.65. The summed E-state index contributed by atoms with van der Waals surface area (Å²) in [6.07, 6.45) is 9.00. The number of nitrogens with one attached hydrogen (secondary N) is 1. The van der Waals surface area contributed by atoms with Crippen molar-refractivity contribution in [3.05, 3.63) is 34.7 Å². The first-order chi connectivity index (χ1) is 11.2. The third-order valence-electron chi connectivity index (χ3n) is 3.59. The fourth-order valence-electron chi connectivity index (χ4n) is 2.51. The molecule has 0 amide bonds. The minimum atomic E-state index is 0.572. The molecule has 122 valence electrons. The molecule has 0 aliphatic heterocycles. The first kappa shape index (κ1) is 17.0. The summed E-state index contributed by atoms with van der Waals surface area (Å²) in [5.41, 5.74) is 1.86. The number of nitrogens with zero attached hydrogens (tertiary/aromatic N) is 4. The van der Waals surface area contributed by atoms with Gasteiger partial charge >= 0.3 is 0 Å². The van der Waals surface area contributed by atoms with Crippen LogP contribution in [0.15, 0.2) is 30.1 Å². The third-order valence-corrected chi connectivity index (χ3v) is 4.76. The quantitative estimate of drug-likeness (QED) is 0.528. The van der Waals surface area contributed by atoms with Crippen molar-refractivity contribution in [1.29, 1.82) is 0 Å². The first-order valence-corrected chi connectivity index (χ1v) is 8.27. The molecule has 0 fully saturated rings. The lowest BCUT2D eigenvalue weighted by molar-refractivity contribution is 0.312. The van der Waals surface area contributed by atoms with Crippen molar-refractivity contribution in [1.82, 2.24) is 19.9 Å². The molecule has 7 nitrogen and oxygen atoms in total. The average Bonchev–Trinajstić information content (AvgIpc) is 3.22. The van der Waals surface area contributed by atoms with Crippen LogP contribution >= 0.6 is 11.3 Å². The summed E-state index contributed by atoms with van der Waals surface area (Å²) in [6.45, 7) is 4.46. The van der Waals surface area contributed by atoms with E-state index in [9.17, 15) is 0 Å². The van der Waals surface area contributed by atoms with Crippen LogP contribution in [0.25, 0.3) is 21.6 Å². The SMILES string of the molecule is CCC[C@@H](CC)c1ncc(-c2ncnc3[nH]ccc23)s1.O=NO. The van der Waals surface area contributed by atoms with Gasteiger partial charge in [-0.15, -0.1) is 16.2 Å². The second-order valence-electron chi connectivity index (χ2n) is 5.00. The lowest BCUT2D eigenvalue weighted by atomic mass is 10.0. The van der Waals surface area contributed by atoms with Crippen molar-refractivity contribution in [3.63, 3.8) is 0 Å². The summed E-state index contributed by atoms with van der Waals surface area (Å²) in [6, 6.07) is 2.02. The smallest absolute Gasteiger partial charge is 0.152 e. The fraction of sp³-hybridized carbons (Fsp3) is 0.400. The van der Waals surface area contributed by atoms with Crippen LogP contribution in [0.1, 0.15) is 44.0 Å². The molecular formula is C15H19N5O2S. The van der Waals surface area contributed by atoms with E-state index in [0.29, 0.717) is 5.92 Å². The minimum absolute atomic E-state index is 0.572. The normalized spacial score (nSPS) is 11.7. The highest BCUT2D eigenvalue weighted by Crippen LogP contribution is 2.34. The van der Waals surface area contributed by atoms with Crippen LogP contribution < -0.4 is 0 Å². The van der Waals surface area contributed by atoms with Crippen LogP contribution in [0, 0.1) is 4.91 Å². The maximum atomic E-state index is 8.11. The van der Waals surface area contributed by atoms with Crippen molar-refractivity contribution < 1.29 is 5.21 Å². The Labute approximate surface area is 137 Å². The van der Waals surface area contributed by atoms with Gasteiger partial charge in [0.15, 0.2) is 5.34 Å². The number of hydrogen-bond donors (Lipinski definition) is 2. The van der Waals surface area contributed by atoms with Gasteiger partial charge in [-0.2, -0.15) is 0 Å². The van der Waals surface area contributed by atoms with E-state index < -0.39 is 0 Å². The molecule has 0 unspecified atom stereocenters. The predicted octanol–water partition coefficient (Wildman–Crippen LogP) is 4.52. The van der Waals surface area contributed by atoms with E-state index in [1.54, 1.807) is 17.7 Å². The molecule has 0 aliphatic carbocycles. The summed E-state index contributed by atoms with van der Waals surface area (Å²) in [4.78, 5) is 25.6. The van der Waals surface area contributed by atoms with Crippen LogP contribution in [0.4, 0.5) is 0 Å². The number of H-pyrrole nitrogens is 1. The van der Waals surface area contributed by atoms with Crippen LogP contribution in [0.3, 0.4) is 0 Å². The number of aromatic nitrogens is 4. The van der Waals surface area contributed by atoms with Gasteiger partial charge in [-0.05, 0) is 18.9 Å². The molecule has 8 heteroatoms. The van der Waals surface area contributed by atoms with Gasteiger partial charge in [0.05, 0.1) is 15.6 Å². The molecule has 2 N–H and O–H groups in total. The molecule has 0 bridgehead atoms. The van der Waals surface area contributed by atoms with E-state index in [4.69, 9.17) is 10.1 Å². The van der Waals surface area contributed by atoms with Gasteiger partial charge in [0.2, 0.25) is 0 Å². The van der Waals surface area contributed by atoms with Gasteiger partial charge < -0.3 is 10.2 Å². The highest BCUT2D eigenvalue weighted by Gasteiger charge is 2.15. The van der Waals surface area contributed by atoms with Crippen LogP contribution in [0.5, 0.6) is 0 Å². The van der Waals surface area contributed by atoms with Crippen molar-refractivity contribution in [2.75, 3.05) is 0 Å². The van der Waals surface area contributed by atoms with Crippen LogP contribution in [-0.4, -0.2) is 25.1 Å². The highest BCUT2D eigenvalue weighted by atomic mass is 32.1. The Morgan fingerprint density at radius 2 is 2.13 bits per heavy atom. The standard InChI is InChI=1S/C15H18N4S.HNO2/c1-3-5-10(4-2)15-17-8-12(20-15)13-11-6-7-16-14(11)19-9-18-13;2-1-3/h6-10H,3-5H2,1-2H3,(H,16,18,19);(H,2,3)/t10-;/m1./s1.